The summed E-state index contributed by atoms with van der Waals surface area (Å²) in [5.41, 5.74) is 3.06. The zero-order valence-electron chi connectivity index (χ0n) is 20.5. The molecule has 0 spiro atoms. The van der Waals surface area contributed by atoms with E-state index in [1.807, 2.05) is 0 Å². The first-order valence-corrected chi connectivity index (χ1v) is 23.7. The summed E-state index contributed by atoms with van der Waals surface area (Å²) >= 11 is -2.24. The summed E-state index contributed by atoms with van der Waals surface area (Å²) in [6.45, 7) is 18.7. The van der Waals surface area contributed by atoms with Gasteiger partial charge in [-0.1, -0.05) is 67.2 Å². The molecule has 4 unspecified atom stereocenters. The van der Waals surface area contributed by atoms with E-state index in [0.717, 1.165) is 0 Å². The van der Waals surface area contributed by atoms with Crippen molar-refractivity contribution in [1.82, 2.24) is 0 Å². The monoisotopic (exact) mass is 607 g/mol. The van der Waals surface area contributed by atoms with Crippen LogP contribution in [-0.2, 0) is 0 Å². The molecule has 0 amide bonds. The van der Waals surface area contributed by atoms with Crippen LogP contribution < -0.4 is 0 Å². The van der Waals surface area contributed by atoms with Crippen LogP contribution in [0.5, 0.6) is 0 Å². The number of nitrogens with zero attached hydrogens (tertiary/aromatic N) is 2. The molecule has 2 rings (SSSR count). The van der Waals surface area contributed by atoms with E-state index in [9.17, 15) is 0 Å². The molecule has 0 aliphatic heterocycles. The Kier molecular flexibility index (Phi) is 13.3. The molecular formula is C24H44Cl3N2Nd. The Morgan fingerprint density at radius 3 is 1.17 bits per heavy atom. The van der Waals surface area contributed by atoms with Gasteiger partial charge in [-0.2, -0.15) is 0 Å². The third-order valence-electron chi connectivity index (χ3n) is 6.93. The van der Waals surface area contributed by atoms with Crippen LogP contribution in [0.25, 0.3) is 0 Å². The van der Waals surface area contributed by atoms with Crippen LogP contribution in [0, 0.1) is 52.6 Å². The van der Waals surface area contributed by atoms with Gasteiger partial charge in [0.05, 0.1) is 23.5 Å². The van der Waals surface area contributed by atoms with E-state index in [0.29, 0.717) is 34.7 Å². The predicted octanol–water partition coefficient (Wildman–Crippen LogP) is 9.19. The van der Waals surface area contributed by atoms with Gasteiger partial charge in [0.2, 0.25) is 0 Å². The number of hydrogen-bond acceptors (Lipinski definition) is 2. The fraction of sp³-hybridized carbons (Fsp3) is 0.917. The SMILES string of the molecule is CC(=NC1CCCCC1C(C)(C)C)C(C)=NC1CCCCC1C(C)(C)C.[Cl][Nd]([Cl])[Cl]. The summed E-state index contributed by atoms with van der Waals surface area (Å²) in [6.07, 6.45) is 10.6. The molecule has 2 fully saturated rings. The second-order valence-electron chi connectivity index (χ2n) is 11.3. The van der Waals surface area contributed by atoms with Crippen LogP contribution in [0.4, 0.5) is 0 Å². The average Bonchev–Trinajstić information content (AvgIpc) is 2.60. The quantitative estimate of drug-likeness (QED) is 0.285. The van der Waals surface area contributed by atoms with Crippen LogP contribution in [-0.4, -0.2) is 23.5 Å². The van der Waals surface area contributed by atoms with Gasteiger partial charge >= 0.3 is 47.3 Å². The van der Waals surface area contributed by atoms with Crippen molar-refractivity contribution in [2.24, 2.45) is 32.7 Å². The first-order valence-electron chi connectivity index (χ1n) is 11.7. The summed E-state index contributed by atoms with van der Waals surface area (Å²) < 4.78 is 0. The Hall–Kier alpha value is 1.56. The molecule has 0 saturated heterocycles. The number of hydrogen-bond donors (Lipinski definition) is 0. The zero-order chi connectivity index (χ0) is 23.1. The molecule has 0 aromatic rings. The fourth-order valence-corrected chi connectivity index (χ4v) is 5.24. The third-order valence-corrected chi connectivity index (χ3v) is 6.93. The standard InChI is InChI=1S/C24H44N2.3ClH.Nd/c1-17(25-21-15-11-9-13-19(21)23(3,4)5)18(2)26-22-16-12-10-14-20(22)24(6,7)8;;;;/h19-22H,9-16H2,1-8H3;3*1H;/q;;;;+3/p-3. The van der Waals surface area contributed by atoms with Gasteiger partial charge in [-0.05, 0) is 62.2 Å². The van der Waals surface area contributed by atoms with Crippen LogP contribution in [0.15, 0.2) is 9.98 Å². The van der Waals surface area contributed by atoms with Crippen LogP contribution >= 0.6 is 17.4 Å². The van der Waals surface area contributed by atoms with Gasteiger partial charge in [-0.15, -0.1) is 0 Å². The first-order chi connectivity index (χ1) is 13.7. The second-order valence-corrected chi connectivity index (χ2v) is 25.4. The summed E-state index contributed by atoms with van der Waals surface area (Å²) in [6, 6.07) is 0.970. The molecule has 0 N–H and O–H groups in total. The van der Waals surface area contributed by atoms with E-state index < -0.39 is 29.9 Å². The van der Waals surface area contributed by atoms with Crippen LogP contribution in [0.2, 0.25) is 0 Å². The van der Waals surface area contributed by atoms with Crippen molar-refractivity contribution in [3.05, 3.63) is 0 Å². The van der Waals surface area contributed by atoms with Gasteiger partial charge in [0.15, 0.2) is 0 Å². The van der Waals surface area contributed by atoms with E-state index in [-0.39, 0.29) is 0 Å². The molecule has 0 radical (unpaired) electrons. The molecule has 2 aliphatic rings. The fourth-order valence-electron chi connectivity index (χ4n) is 5.24. The molecular weight excluding hydrogens is 567 g/mol. The number of aliphatic imine (C=N–C) groups is 2. The molecule has 30 heavy (non-hydrogen) atoms. The molecule has 0 heterocycles. The van der Waals surface area contributed by atoms with Crippen LogP contribution in [0.1, 0.15) is 107 Å². The molecule has 4 atom stereocenters. The van der Waals surface area contributed by atoms with Gasteiger partial charge in [0, 0.05) is 0 Å². The molecule has 0 bridgehead atoms. The minimum atomic E-state index is -2.24. The van der Waals surface area contributed by atoms with Crippen molar-refractivity contribution >= 4 is 28.8 Å². The van der Waals surface area contributed by atoms with E-state index >= 15 is 0 Å². The number of halogens is 3. The van der Waals surface area contributed by atoms with E-state index in [1.165, 1.54) is 62.8 Å². The second kappa shape index (κ2) is 13.4. The minimum absolute atomic E-state index is 0.348. The van der Waals surface area contributed by atoms with Gasteiger partial charge in [-0.25, -0.2) is 0 Å². The Bertz CT molecular complexity index is 525. The van der Waals surface area contributed by atoms with Crippen molar-refractivity contribution in [3.8, 4) is 0 Å². The summed E-state index contributed by atoms with van der Waals surface area (Å²) in [4.78, 5) is 10.4. The summed E-state index contributed by atoms with van der Waals surface area (Å²) in [5, 5.41) is 0. The zero-order valence-corrected chi connectivity index (χ0v) is 26.0. The summed E-state index contributed by atoms with van der Waals surface area (Å²) in [7, 11) is 0. The van der Waals surface area contributed by atoms with Crippen molar-refractivity contribution in [2.75, 3.05) is 0 Å². The van der Waals surface area contributed by atoms with E-state index in [1.54, 1.807) is 0 Å². The molecule has 0 aromatic heterocycles. The van der Waals surface area contributed by atoms with E-state index in [2.05, 4.69) is 55.4 Å². The Morgan fingerprint density at radius 1 is 0.633 bits per heavy atom. The average molecular weight is 611 g/mol. The molecule has 2 aliphatic carbocycles. The van der Waals surface area contributed by atoms with Crippen molar-refractivity contribution < 1.29 is 29.9 Å². The Balaban J connectivity index is 0.00000103. The molecule has 6 heteroatoms. The van der Waals surface area contributed by atoms with Gasteiger partial charge in [0.25, 0.3) is 0 Å². The van der Waals surface area contributed by atoms with Crippen molar-refractivity contribution in [3.63, 3.8) is 0 Å². The maximum atomic E-state index is 5.22. The predicted molar refractivity (Wildman–Crippen MR) is 134 cm³/mol. The van der Waals surface area contributed by atoms with Gasteiger partial charge < -0.3 is 0 Å². The number of rotatable bonds is 3. The molecule has 175 valence electrons. The third kappa shape index (κ3) is 10.7. The van der Waals surface area contributed by atoms with Crippen molar-refractivity contribution in [1.29, 1.82) is 0 Å². The topological polar surface area (TPSA) is 24.7 Å². The first kappa shape index (κ1) is 29.6. The Labute approximate surface area is 208 Å². The molecule has 0 aromatic carbocycles. The summed E-state index contributed by atoms with van der Waals surface area (Å²) in [5.74, 6) is 16.5. The van der Waals surface area contributed by atoms with Gasteiger partial charge in [0.1, 0.15) is 0 Å². The van der Waals surface area contributed by atoms with Gasteiger partial charge in [-0.3, -0.25) is 9.98 Å². The van der Waals surface area contributed by atoms with E-state index in [4.69, 9.17) is 27.4 Å². The van der Waals surface area contributed by atoms with Crippen molar-refractivity contribution in [2.45, 2.75) is 119 Å². The normalized spacial score (nSPS) is 29.2. The maximum absolute atomic E-state index is 5.22. The molecule has 2 nitrogen and oxygen atoms in total. The Morgan fingerprint density at radius 2 is 0.900 bits per heavy atom. The van der Waals surface area contributed by atoms with Crippen LogP contribution in [0.3, 0.4) is 0 Å². The molecule has 2 saturated carbocycles.